The molecule has 5 rings (SSSR count). The molecule has 1 aliphatic rings. The molecule has 0 radical (unpaired) electrons. The maximum absolute atomic E-state index is 6.21. The van der Waals surface area contributed by atoms with Gasteiger partial charge in [0.05, 0.1) is 12.1 Å². The number of benzene rings is 1. The van der Waals surface area contributed by atoms with E-state index in [4.69, 9.17) is 10.5 Å². The van der Waals surface area contributed by atoms with E-state index in [-0.39, 0.29) is 5.92 Å². The van der Waals surface area contributed by atoms with Gasteiger partial charge in [0.25, 0.3) is 0 Å². The highest BCUT2D eigenvalue weighted by Gasteiger charge is 2.24. The summed E-state index contributed by atoms with van der Waals surface area (Å²) in [6.07, 6.45) is 1.88. The molecule has 8 heteroatoms. The molecule has 0 saturated carbocycles. The fourth-order valence-corrected chi connectivity index (χ4v) is 4.74. The molecule has 170 valence electrons. The highest BCUT2D eigenvalue weighted by Crippen LogP contribution is 2.36. The molecule has 4 heterocycles. The zero-order valence-electron chi connectivity index (χ0n) is 19.7. The minimum Gasteiger partial charge on any atom is -0.491 e. The summed E-state index contributed by atoms with van der Waals surface area (Å²) in [5.41, 5.74) is 14.1. The average molecular weight is 444 g/mol. The first-order valence-electron chi connectivity index (χ1n) is 11.3. The number of aromatic nitrogens is 5. The van der Waals surface area contributed by atoms with Crippen LogP contribution in [0.3, 0.4) is 0 Å². The fraction of sp³-hybridized carbons (Fsp3) is 0.360. The van der Waals surface area contributed by atoms with E-state index in [1.807, 2.05) is 20.0 Å². The van der Waals surface area contributed by atoms with Crippen LogP contribution < -0.4 is 15.4 Å². The van der Waals surface area contributed by atoms with E-state index in [9.17, 15) is 0 Å². The molecular formula is C25H29N7O. The van der Waals surface area contributed by atoms with Crippen LogP contribution in [0.25, 0.3) is 22.3 Å². The Labute approximate surface area is 193 Å². The molecule has 4 aromatic rings. The van der Waals surface area contributed by atoms with Crippen molar-refractivity contribution >= 4 is 22.9 Å². The third-order valence-corrected chi connectivity index (χ3v) is 6.12. The lowest BCUT2D eigenvalue weighted by atomic mass is 9.99. The molecule has 0 spiro atoms. The number of nitrogens with two attached hydrogens (primary N) is 1. The van der Waals surface area contributed by atoms with Crippen molar-refractivity contribution in [1.29, 1.82) is 0 Å². The summed E-state index contributed by atoms with van der Waals surface area (Å²) in [6, 6.07) is 6.45. The molecule has 0 unspecified atom stereocenters. The molecule has 1 aliphatic heterocycles. The van der Waals surface area contributed by atoms with Gasteiger partial charge in [-0.2, -0.15) is 4.98 Å². The van der Waals surface area contributed by atoms with Crippen LogP contribution in [0.5, 0.6) is 5.75 Å². The summed E-state index contributed by atoms with van der Waals surface area (Å²) in [4.78, 5) is 23.5. The number of anilines is 2. The van der Waals surface area contributed by atoms with Gasteiger partial charge in [0, 0.05) is 35.1 Å². The minimum absolute atomic E-state index is 0.285. The van der Waals surface area contributed by atoms with Gasteiger partial charge in [-0.05, 0) is 56.0 Å². The third-order valence-electron chi connectivity index (χ3n) is 6.12. The summed E-state index contributed by atoms with van der Waals surface area (Å²) in [7, 11) is 0. The predicted octanol–water partition coefficient (Wildman–Crippen LogP) is 4.44. The van der Waals surface area contributed by atoms with Crippen LogP contribution in [0.1, 0.15) is 48.0 Å². The monoisotopic (exact) mass is 443 g/mol. The van der Waals surface area contributed by atoms with Gasteiger partial charge in [0.1, 0.15) is 24.0 Å². The zero-order chi connectivity index (χ0) is 23.3. The van der Waals surface area contributed by atoms with Gasteiger partial charge in [-0.15, -0.1) is 0 Å². The molecule has 3 N–H and O–H groups in total. The summed E-state index contributed by atoms with van der Waals surface area (Å²) >= 11 is 0. The lowest BCUT2D eigenvalue weighted by Crippen LogP contribution is -2.28. The first-order chi connectivity index (χ1) is 15.8. The molecule has 0 atom stereocenters. The largest absolute Gasteiger partial charge is 0.491 e. The molecule has 0 aliphatic carbocycles. The number of nitrogens with one attached hydrogen (secondary N) is 1. The van der Waals surface area contributed by atoms with Gasteiger partial charge >= 0.3 is 0 Å². The van der Waals surface area contributed by atoms with Crippen molar-refractivity contribution < 1.29 is 4.74 Å². The van der Waals surface area contributed by atoms with E-state index in [0.717, 1.165) is 68.6 Å². The van der Waals surface area contributed by atoms with Gasteiger partial charge in [-0.1, -0.05) is 13.8 Å². The number of ether oxygens (including phenoxy) is 1. The van der Waals surface area contributed by atoms with Gasteiger partial charge in [0.2, 0.25) is 5.95 Å². The number of rotatable bonds is 3. The molecule has 0 amide bonds. The topological polar surface area (TPSA) is 106 Å². The fourth-order valence-electron chi connectivity index (χ4n) is 4.74. The van der Waals surface area contributed by atoms with Gasteiger partial charge in [-0.25, -0.2) is 15.0 Å². The number of hydrogen-bond acceptors (Lipinski definition) is 7. The van der Waals surface area contributed by atoms with Crippen LogP contribution in [-0.2, 0) is 6.54 Å². The van der Waals surface area contributed by atoms with E-state index >= 15 is 0 Å². The lowest BCUT2D eigenvalue weighted by Gasteiger charge is -2.26. The number of aryl methyl sites for hydroxylation is 3. The Bertz CT molecular complexity index is 1360. The number of pyridine rings is 1. The number of H-pyrrole nitrogens is 1. The molecule has 8 nitrogen and oxygen atoms in total. The Hall–Kier alpha value is -3.68. The Kier molecular flexibility index (Phi) is 5.15. The molecule has 3 aromatic heterocycles. The highest BCUT2D eigenvalue weighted by atomic mass is 16.5. The van der Waals surface area contributed by atoms with Crippen molar-refractivity contribution in [3.05, 3.63) is 52.6 Å². The summed E-state index contributed by atoms with van der Waals surface area (Å²) in [5.74, 6) is 3.28. The van der Waals surface area contributed by atoms with Crippen molar-refractivity contribution in [2.45, 2.75) is 47.1 Å². The van der Waals surface area contributed by atoms with Crippen molar-refractivity contribution in [3.8, 4) is 16.9 Å². The summed E-state index contributed by atoms with van der Waals surface area (Å²) in [5, 5.41) is 0. The lowest BCUT2D eigenvalue weighted by molar-refractivity contribution is 0.329. The van der Waals surface area contributed by atoms with E-state index in [0.29, 0.717) is 19.1 Å². The molecule has 33 heavy (non-hydrogen) atoms. The normalized spacial score (nSPS) is 13.8. The van der Waals surface area contributed by atoms with Crippen molar-refractivity contribution in [1.82, 2.24) is 24.9 Å². The van der Waals surface area contributed by atoms with E-state index in [2.05, 4.69) is 68.8 Å². The Morgan fingerprint density at radius 2 is 1.88 bits per heavy atom. The van der Waals surface area contributed by atoms with Gasteiger partial charge in [0.15, 0.2) is 5.65 Å². The third kappa shape index (κ3) is 3.86. The minimum atomic E-state index is 0.285. The number of nitrogen functional groups attached to an aromatic ring is 1. The average Bonchev–Trinajstić information content (AvgIpc) is 2.98. The SMILES string of the molecule is Cc1nc2ncc(-c3cc(C)c4c(c3)CN(c3nc(N)nc(C)c3C(C)C)CCO4)cc2[nH]1. The first-order valence-corrected chi connectivity index (χ1v) is 11.3. The standard InChI is InChI=1S/C25H29N7O/c1-13(2)21-15(4)28-25(26)31-24(21)32-6-7-33-22-14(3)8-17(9-19(22)12-32)18-10-20-23(27-11-18)30-16(5)29-20/h8-11,13H,6-7,12H2,1-5H3,(H2,26,28,31)(H,27,29,30). The second-order valence-corrected chi connectivity index (χ2v) is 9.03. The van der Waals surface area contributed by atoms with Crippen LogP contribution in [0.4, 0.5) is 11.8 Å². The van der Waals surface area contributed by atoms with Crippen LogP contribution in [0.2, 0.25) is 0 Å². The van der Waals surface area contributed by atoms with Crippen molar-refractivity contribution in [2.75, 3.05) is 23.8 Å². The van der Waals surface area contributed by atoms with Gasteiger partial charge in [-0.3, -0.25) is 0 Å². The van der Waals surface area contributed by atoms with Crippen molar-refractivity contribution in [2.24, 2.45) is 0 Å². The van der Waals surface area contributed by atoms with Crippen LogP contribution >= 0.6 is 0 Å². The smallest absolute Gasteiger partial charge is 0.222 e. The maximum atomic E-state index is 6.21. The van der Waals surface area contributed by atoms with Crippen LogP contribution in [-0.4, -0.2) is 38.1 Å². The quantitative estimate of drug-likeness (QED) is 0.482. The second-order valence-electron chi connectivity index (χ2n) is 9.03. The van der Waals surface area contributed by atoms with Gasteiger partial charge < -0.3 is 20.4 Å². The summed E-state index contributed by atoms with van der Waals surface area (Å²) < 4.78 is 6.21. The number of aromatic amines is 1. The van der Waals surface area contributed by atoms with E-state index in [1.54, 1.807) is 0 Å². The molecule has 0 saturated heterocycles. The number of hydrogen-bond donors (Lipinski definition) is 2. The molecule has 0 bridgehead atoms. The molecular weight excluding hydrogens is 414 g/mol. The number of nitrogens with zero attached hydrogens (tertiary/aromatic N) is 5. The second kappa shape index (κ2) is 8.03. The Balaban J connectivity index is 1.58. The van der Waals surface area contributed by atoms with Crippen molar-refractivity contribution in [3.63, 3.8) is 0 Å². The summed E-state index contributed by atoms with van der Waals surface area (Å²) in [6.45, 7) is 12.3. The van der Waals surface area contributed by atoms with E-state index in [1.165, 1.54) is 0 Å². The van der Waals surface area contributed by atoms with Crippen LogP contribution in [0, 0.1) is 20.8 Å². The van der Waals surface area contributed by atoms with Crippen LogP contribution in [0.15, 0.2) is 24.4 Å². The molecule has 1 aromatic carbocycles. The first kappa shape index (κ1) is 21.2. The maximum Gasteiger partial charge on any atom is 0.222 e. The number of fused-ring (bicyclic) bond motifs is 2. The highest BCUT2D eigenvalue weighted by molar-refractivity contribution is 5.79. The predicted molar refractivity (Wildman–Crippen MR) is 131 cm³/mol. The zero-order valence-corrected chi connectivity index (χ0v) is 19.7. The Morgan fingerprint density at radius 3 is 2.67 bits per heavy atom. The Morgan fingerprint density at radius 1 is 1.06 bits per heavy atom. The van der Waals surface area contributed by atoms with E-state index < -0.39 is 0 Å². The number of imidazole rings is 1. The molecule has 0 fully saturated rings.